The summed E-state index contributed by atoms with van der Waals surface area (Å²) in [6.07, 6.45) is 2.24. The Bertz CT molecular complexity index is 1440. The number of aromatic nitrogens is 1. The SMILES string of the molecule is COc1ccc2ncc(CN3CCOCC3)c([C@H](O)CCC3(C(=O)O)CCN(CCSc4c(F)cc(F)cc4F)CC3)c2c1. The number of morpholine rings is 1. The minimum Gasteiger partial charge on any atom is -0.497 e. The molecular formula is C32H38F3N3O5S. The molecule has 2 aliphatic heterocycles. The molecule has 1 aromatic heterocycles. The van der Waals surface area contributed by atoms with Gasteiger partial charge in [0.25, 0.3) is 0 Å². The van der Waals surface area contributed by atoms with Crippen LogP contribution in [0.3, 0.4) is 0 Å². The molecule has 44 heavy (non-hydrogen) atoms. The van der Waals surface area contributed by atoms with Crippen molar-refractivity contribution in [3.63, 3.8) is 0 Å². The van der Waals surface area contributed by atoms with E-state index in [-0.39, 0.29) is 11.3 Å². The Morgan fingerprint density at radius 3 is 2.45 bits per heavy atom. The number of carbonyl (C=O) groups is 1. The quantitative estimate of drug-likeness (QED) is 0.259. The van der Waals surface area contributed by atoms with Crippen molar-refractivity contribution in [3.8, 4) is 5.75 Å². The lowest BCUT2D eigenvalue weighted by atomic mass is 9.74. The molecule has 0 aliphatic carbocycles. The average Bonchev–Trinajstić information content (AvgIpc) is 3.01. The molecule has 0 saturated carbocycles. The number of carboxylic acid groups (broad SMARTS) is 1. The van der Waals surface area contributed by atoms with Gasteiger partial charge in [-0.2, -0.15) is 0 Å². The zero-order chi connectivity index (χ0) is 31.3. The molecule has 0 bridgehead atoms. The Kier molecular flexibility index (Phi) is 10.7. The number of benzene rings is 2. The van der Waals surface area contributed by atoms with Crippen LogP contribution in [0.4, 0.5) is 13.2 Å². The number of hydrogen-bond acceptors (Lipinski definition) is 8. The summed E-state index contributed by atoms with van der Waals surface area (Å²) in [6.45, 7) is 4.96. The highest BCUT2D eigenvalue weighted by atomic mass is 32.2. The van der Waals surface area contributed by atoms with E-state index in [0.717, 1.165) is 46.9 Å². The molecule has 238 valence electrons. The standard InChI is InChI=1S/C32H38F3N3O5S/c1-42-23-2-3-27-24(18-23)29(21(19-36-27)20-38-10-13-43-14-11-38)28(39)4-5-32(31(40)41)6-8-37(9-7-32)12-15-44-30-25(34)16-22(33)17-26(30)35/h2-3,16-19,28,39H,4-15,20H2,1H3,(H,40,41)/t28-/m1/s1. The van der Waals surface area contributed by atoms with Gasteiger partial charge in [0, 0.05) is 55.6 Å². The first kappa shape index (κ1) is 32.5. The minimum atomic E-state index is -0.995. The van der Waals surface area contributed by atoms with Crippen LogP contribution in [0.1, 0.15) is 42.9 Å². The Hall–Kier alpha value is -2.90. The monoisotopic (exact) mass is 633 g/mol. The molecule has 12 heteroatoms. The molecule has 0 spiro atoms. The van der Waals surface area contributed by atoms with E-state index >= 15 is 0 Å². The molecule has 8 nitrogen and oxygen atoms in total. The number of fused-ring (bicyclic) bond motifs is 1. The summed E-state index contributed by atoms with van der Waals surface area (Å²) in [4.78, 5) is 21.4. The molecule has 2 fully saturated rings. The van der Waals surface area contributed by atoms with Gasteiger partial charge in [-0.1, -0.05) is 0 Å². The maximum Gasteiger partial charge on any atom is 0.309 e. The number of aliphatic hydroxyl groups is 1. The molecule has 1 atom stereocenters. The fraction of sp³-hybridized carbons (Fsp3) is 0.500. The molecule has 3 aromatic rings. The molecule has 3 heterocycles. The summed E-state index contributed by atoms with van der Waals surface area (Å²) < 4.78 is 52.1. The summed E-state index contributed by atoms with van der Waals surface area (Å²) in [5, 5.41) is 22.8. The highest BCUT2D eigenvalue weighted by Crippen LogP contribution is 2.41. The average molecular weight is 634 g/mol. The third kappa shape index (κ3) is 7.48. The van der Waals surface area contributed by atoms with Crippen molar-refractivity contribution >= 4 is 28.6 Å². The Morgan fingerprint density at radius 1 is 1.09 bits per heavy atom. The van der Waals surface area contributed by atoms with E-state index in [1.54, 1.807) is 13.3 Å². The lowest BCUT2D eigenvalue weighted by Gasteiger charge is -2.39. The summed E-state index contributed by atoms with van der Waals surface area (Å²) in [7, 11) is 1.59. The van der Waals surface area contributed by atoms with Gasteiger partial charge in [0.1, 0.15) is 23.2 Å². The maximum absolute atomic E-state index is 14.0. The van der Waals surface area contributed by atoms with Crippen LogP contribution in [-0.4, -0.2) is 89.8 Å². The van der Waals surface area contributed by atoms with Crippen LogP contribution in [0.15, 0.2) is 41.4 Å². The molecule has 0 radical (unpaired) electrons. The number of rotatable bonds is 12. The first-order valence-corrected chi connectivity index (χ1v) is 15.8. The van der Waals surface area contributed by atoms with Crippen molar-refractivity contribution in [1.29, 1.82) is 0 Å². The summed E-state index contributed by atoms with van der Waals surface area (Å²) in [6, 6.07) is 6.88. The van der Waals surface area contributed by atoms with Gasteiger partial charge in [-0.3, -0.25) is 14.7 Å². The summed E-state index contributed by atoms with van der Waals surface area (Å²) >= 11 is 0.979. The van der Waals surface area contributed by atoms with Gasteiger partial charge in [-0.25, -0.2) is 13.2 Å². The van der Waals surface area contributed by atoms with Gasteiger partial charge in [-0.15, -0.1) is 11.8 Å². The van der Waals surface area contributed by atoms with Gasteiger partial charge < -0.3 is 24.6 Å². The number of hydrogen-bond donors (Lipinski definition) is 2. The van der Waals surface area contributed by atoms with E-state index in [0.29, 0.717) is 82.3 Å². The minimum absolute atomic E-state index is 0.216. The zero-order valence-electron chi connectivity index (χ0n) is 24.7. The van der Waals surface area contributed by atoms with Crippen LogP contribution in [-0.2, 0) is 16.1 Å². The number of ether oxygens (including phenoxy) is 2. The molecule has 2 saturated heterocycles. The number of aliphatic hydroxyl groups excluding tert-OH is 1. The Balaban J connectivity index is 1.25. The first-order chi connectivity index (χ1) is 21.2. The normalized spacial score (nSPS) is 18.4. The summed E-state index contributed by atoms with van der Waals surface area (Å²) in [5.74, 6) is -2.67. The molecule has 0 unspecified atom stereocenters. The fourth-order valence-electron chi connectivity index (χ4n) is 6.16. The predicted octanol–water partition coefficient (Wildman–Crippen LogP) is 5.27. The first-order valence-electron chi connectivity index (χ1n) is 14.9. The topological polar surface area (TPSA) is 95.4 Å². The lowest BCUT2D eigenvalue weighted by molar-refractivity contribution is -0.153. The van der Waals surface area contributed by atoms with Crippen molar-refractivity contribution in [2.24, 2.45) is 5.41 Å². The van der Waals surface area contributed by atoms with Crippen LogP contribution in [0.2, 0.25) is 0 Å². The van der Waals surface area contributed by atoms with Gasteiger partial charge in [0.2, 0.25) is 0 Å². The van der Waals surface area contributed by atoms with Crippen LogP contribution < -0.4 is 4.74 Å². The number of likely N-dealkylation sites (tertiary alicyclic amines) is 1. The van der Waals surface area contributed by atoms with E-state index in [9.17, 15) is 28.2 Å². The van der Waals surface area contributed by atoms with E-state index in [1.165, 1.54) is 0 Å². The van der Waals surface area contributed by atoms with E-state index < -0.39 is 34.9 Å². The van der Waals surface area contributed by atoms with Crippen LogP contribution in [0.5, 0.6) is 5.75 Å². The van der Waals surface area contributed by atoms with Crippen LogP contribution in [0, 0.1) is 22.9 Å². The largest absolute Gasteiger partial charge is 0.497 e. The van der Waals surface area contributed by atoms with E-state index in [2.05, 4.69) is 14.8 Å². The summed E-state index contributed by atoms with van der Waals surface area (Å²) in [5.41, 5.74) is 1.37. The number of methoxy groups -OCH3 is 1. The number of piperidine rings is 1. The lowest BCUT2D eigenvalue weighted by Crippen LogP contribution is -2.45. The second-order valence-corrected chi connectivity index (χ2v) is 12.6. The number of pyridine rings is 1. The number of aliphatic carboxylic acids is 1. The van der Waals surface area contributed by atoms with Crippen LogP contribution in [0.25, 0.3) is 10.9 Å². The molecule has 2 aliphatic rings. The second-order valence-electron chi connectivity index (χ2n) is 11.5. The van der Waals surface area contributed by atoms with Gasteiger partial charge >= 0.3 is 5.97 Å². The smallest absolute Gasteiger partial charge is 0.309 e. The fourth-order valence-corrected chi connectivity index (χ4v) is 7.10. The number of nitrogens with zero attached hydrogens (tertiary/aromatic N) is 3. The third-order valence-corrected chi connectivity index (χ3v) is 9.88. The van der Waals surface area contributed by atoms with Gasteiger partial charge in [0.15, 0.2) is 0 Å². The van der Waals surface area contributed by atoms with Crippen molar-refractivity contribution in [2.45, 2.75) is 43.2 Å². The highest BCUT2D eigenvalue weighted by molar-refractivity contribution is 7.99. The number of halogens is 3. The molecule has 2 aromatic carbocycles. The van der Waals surface area contributed by atoms with Crippen molar-refractivity contribution in [1.82, 2.24) is 14.8 Å². The molecule has 5 rings (SSSR count). The molecular weight excluding hydrogens is 595 g/mol. The molecule has 0 amide bonds. The number of thioether (sulfide) groups is 1. The Morgan fingerprint density at radius 2 is 1.80 bits per heavy atom. The van der Waals surface area contributed by atoms with E-state index in [4.69, 9.17) is 9.47 Å². The van der Waals surface area contributed by atoms with Gasteiger partial charge in [0.05, 0.1) is 42.3 Å². The zero-order valence-corrected chi connectivity index (χ0v) is 25.6. The highest BCUT2D eigenvalue weighted by Gasteiger charge is 2.41. The number of carboxylic acids is 1. The third-order valence-electron chi connectivity index (χ3n) is 8.81. The van der Waals surface area contributed by atoms with Gasteiger partial charge in [-0.05, 0) is 68.1 Å². The van der Waals surface area contributed by atoms with E-state index in [1.807, 2.05) is 18.2 Å². The van der Waals surface area contributed by atoms with Crippen molar-refractivity contribution in [3.05, 3.63) is 65.1 Å². The maximum atomic E-state index is 14.0. The Labute approximate surface area is 259 Å². The van der Waals surface area contributed by atoms with Crippen molar-refractivity contribution in [2.75, 3.05) is 58.8 Å². The van der Waals surface area contributed by atoms with Crippen LogP contribution >= 0.6 is 11.8 Å². The van der Waals surface area contributed by atoms with Crippen molar-refractivity contribution < 1.29 is 37.7 Å². The second kappa shape index (κ2) is 14.5. The predicted molar refractivity (Wildman–Crippen MR) is 161 cm³/mol. The molecule has 2 N–H and O–H groups in total.